The Labute approximate surface area is 144 Å². The van der Waals surface area contributed by atoms with E-state index in [4.69, 9.17) is 9.47 Å². The first-order valence-corrected chi connectivity index (χ1v) is 7.83. The summed E-state index contributed by atoms with van der Waals surface area (Å²) >= 11 is 0. The number of aromatic nitrogens is 2. The van der Waals surface area contributed by atoms with Crippen molar-refractivity contribution in [2.24, 2.45) is 0 Å². The van der Waals surface area contributed by atoms with Crippen LogP contribution in [0, 0.1) is 5.82 Å². The number of hydrogen-bond donors (Lipinski definition) is 0. The van der Waals surface area contributed by atoms with Gasteiger partial charge in [-0.15, -0.1) is 0 Å². The molecular weight excluding hydrogens is 323 g/mol. The molecule has 0 N–H and O–H groups in total. The molecule has 0 aliphatic heterocycles. The van der Waals surface area contributed by atoms with Gasteiger partial charge in [-0.05, 0) is 17.7 Å². The maximum atomic E-state index is 13.4. The molecule has 128 valence electrons. The van der Waals surface area contributed by atoms with E-state index in [0.29, 0.717) is 12.1 Å². The number of para-hydroxylation sites is 1. The Morgan fingerprint density at radius 2 is 1.80 bits per heavy atom. The molecule has 25 heavy (non-hydrogen) atoms. The van der Waals surface area contributed by atoms with E-state index in [1.54, 1.807) is 23.0 Å². The predicted molar refractivity (Wildman–Crippen MR) is 89.9 cm³/mol. The van der Waals surface area contributed by atoms with Crippen LogP contribution in [-0.4, -0.2) is 29.0 Å². The molecule has 0 radical (unpaired) electrons. The molecular formula is C19H17FN2O3. The highest BCUT2D eigenvalue weighted by atomic mass is 19.1. The third-order valence-electron chi connectivity index (χ3n) is 3.47. The van der Waals surface area contributed by atoms with Crippen molar-refractivity contribution in [1.29, 1.82) is 0 Å². The Morgan fingerprint density at radius 3 is 2.60 bits per heavy atom. The molecule has 0 bridgehead atoms. The lowest BCUT2D eigenvalue weighted by Crippen LogP contribution is -2.12. The van der Waals surface area contributed by atoms with Crippen LogP contribution in [0.4, 0.5) is 4.39 Å². The minimum atomic E-state index is -0.489. The molecule has 6 heteroatoms. The molecule has 0 atom stereocenters. The summed E-state index contributed by atoms with van der Waals surface area (Å²) in [5, 5.41) is 4.15. The SMILES string of the molecule is O=C(OCCOc1ccccc1F)c1cnn(Cc2ccccc2)c1. The number of esters is 1. The summed E-state index contributed by atoms with van der Waals surface area (Å²) in [7, 11) is 0. The van der Waals surface area contributed by atoms with Gasteiger partial charge in [0.1, 0.15) is 13.2 Å². The molecule has 1 aromatic heterocycles. The molecule has 0 saturated heterocycles. The van der Waals surface area contributed by atoms with E-state index in [1.165, 1.54) is 18.3 Å². The second-order valence-corrected chi connectivity index (χ2v) is 5.33. The van der Waals surface area contributed by atoms with Gasteiger partial charge in [-0.25, -0.2) is 9.18 Å². The highest BCUT2D eigenvalue weighted by Crippen LogP contribution is 2.15. The van der Waals surface area contributed by atoms with Crippen LogP contribution in [0.5, 0.6) is 5.75 Å². The lowest BCUT2D eigenvalue weighted by molar-refractivity contribution is 0.0448. The first-order chi connectivity index (χ1) is 12.2. The third kappa shape index (κ3) is 4.67. The van der Waals surface area contributed by atoms with Gasteiger partial charge in [-0.1, -0.05) is 42.5 Å². The fraction of sp³-hybridized carbons (Fsp3) is 0.158. The van der Waals surface area contributed by atoms with Crippen molar-refractivity contribution in [3.8, 4) is 5.75 Å². The maximum Gasteiger partial charge on any atom is 0.341 e. The third-order valence-corrected chi connectivity index (χ3v) is 3.47. The number of carbonyl (C=O) groups is 1. The lowest BCUT2D eigenvalue weighted by atomic mass is 10.2. The average Bonchev–Trinajstić information content (AvgIpc) is 3.09. The van der Waals surface area contributed by atoms with Gasteiger partial charge >= 0.3 is 5.97 Å². The fourth-order valence-electron chi connectivity index (χ4n) is 2.26. The molecule has 2 aromatic carbocycles. The zero-order valence-electron chi connectivity index (χ0n) is 13.5. The number of hydrogen-bond acceptors (Lipinski definition) is 4. The van der Waals surface area contributed by atoms with E-state index in [0.717, 1.165) is 5.56 Å². The molecule has 1 heterocycles. The fourth-order valence-corrected chi connectivity index (χ4v) is 2.26. The Hall–Kier alpha value is -3.15. The van der Waals surface area contributed by atoms with Gasteiger partial charge in [-0.2, -0.15) is 5.10 Å². The van der Waals surface area contributed by atoms with E-state index in [9.17, 15) is 9.18 Å². The standard InChI is InChI=1S/C19H17FN2O3/c20-17-8-4-5-9-18(17)24-10-11-25-19(23)16-12-21-22(14-16)13-15-6-2-1-3-7-15/h1-9,12,14H,10-11,13H2. The molecule has 0 aliphatic carbocycles. The van der Waals surface area contributed by atoms with Crippen LogP contribution in [0.25, 0.3) is 0 Å². The number of ether oxygens (including phenoxy) is 2. The smallest absolute Gasteiger partial charge is 0.341 e. The Balaban J connectivity index is 1.46. The highest BCUT2D eigenvalue weighted by molar-refractivity contribution is 5.88. The molecule has 0 fully saturated rings. The minimum absolute atomic E-state index is 0.0248. The van der Waals surface area contributed by atoms with E-state index in [2.05, 4.69) is 5.10 Å². The van der Waals surface area contributed by atoms with Gasteiger partial charge in [-0.3, -0.25) is 4.68 Å². The van der Waals surface area contributed by atoms with Crippen molar-refractivity contribution in [2.45, 2.75) is 6.54 Å². The van der Waals surface area contributed by atoms with E-state index >= 15 is 0 Å². The molecule has 0 spiro atoms. The summed E-state index contributed by atoms with van der Waals surface area (Å²) in [6.45, 7) is 0.673. The zero-order valence-corrected chi connectivity index (χ0v) is 13.5. The van der Waals surface area contributed by atoms with Crippen LogP contribution >= 0.6 is 0 Å². The number of rotatable bonds is 7. The summed E-state index contributed by atoms with van der Waals surface area (Å²) in [5.74, 6) is -0.804. The topological polar surface area (TPSA) is 53.4 Å². The van der Waals surface area contributed by atoms with Crippen molar-refractivity contribution in [1.82, 2.24) is 9.78 Å². The number of nitrogens with zero attached hydrogens (tertiary/aromatic N) is 2. The first-order valence-electron chi connectivity index (χ1n) is 7.83. The van der Waals surface area contributed by atoms with Crippen molar-refractivity contribution in [3.05, 3.63) is 83.9 Å². The zero-order chi connectivity index (χ0) is 17.5. The Bertz CT molecular complexity index is 833. The monoisotopic (exact) mass is 340 g/mol. The van der Waals surface area contributed by atoms with Gasteiger partial charge in [0.05, 0.1) is 18.3 Å². The number of halogens is 1. The van der Waals surface area contributed by atoms with Crippen LogP contribution < -0.4 is 4.74 Å². The summed E-state index contributed by atoms with van der Waals surface area (Å²) in [6.07, 6.45) is 3.09. The Kier molecular flexibility index (Phi) is 5.41. The van der Waals surface area contributed by atoms with Gasteiger partial charge in [0.25, 0.3) is 0 Å². The summed E-state index contributed by atoms with van der Waals surface area (Å²) < 4.78 is 25.4. The Morgan fingerprint density at radius 1 is 1.04 bits per heavy atom. The minimum Gasteiger partial charge on any atom is -0.487 e. The normalized spacial score (nSPS) is 10.4. The number of carbonyl (C=O) groups excluding carboxylic acids is 1. The molecule has 3 rings (SSSR count). The second-order valence-electron chi connectivity index (χ2n) is 5.33. The van der Waals surface area contributed by atoms with Crippen LogP contribution in [0.2, 0.25) is 0 Å². The van der Waals surface area contributed by atoms with Crippen molar-refractivity contribution in [3.63, 3.8) is 0 Å². The van der Waals surface area contributed by atoms with Crippen LogP contribution in [0.1, 0.15) is 15.9 Å². The average molecular weight is 340 g/mol. The van der Waals surface area contributed by atoms with E-state index in [-0.39, 0.29) is 19.0 Å². The molecule has 0 aliphatic rings. The lowest BCUT2D eigenvalue weighted by Gasteiger charge is -2.07. The maximum absolute atomic E-state index is 13.4. The first kappa shape index (κ1) is 16.7. The quantitative estimate of drug-likeness (QED) is 0.489. The van der Waals surface area contributed by atoms with Crippen LogP contribution in [-0.2, 0) is 11.3 Å². The van der Waals surface area contributed by atoms with Gasteiger partial charge < -0.3 is 9.47 Å². The molecule has 5 nitrogen and oxygen atoms in total. The predicted octanol–water partition coefficient (Wildman–Crippen LogP) is 3.31. The second kappa shape index (κ2) is 8.10. The van der Waals surface area contributed by atoms with Crippen molar-refractivity contribution in [2.75, 3.05) is 13.2 Å². The van der Waals surface area contributed by atoms with Crippen molar-refractivity contribution >= 4 is 5.97 Å². The molecule has 0 unspecified atom stereocenters. The molecule has 3 aromatic rings. The van der Waals surface area contributed by atoms with Gasteiger partial charge in [0.15, 0.2) is 11.6 Å². The summed E-state index contributed by atoms with van der Waals surface area (Å²) in [5.41, 5.74) is 1.45. The molecule has 0 saturated carbocycles. The van der Waals surface area contributed by atoms with Crippen LogP contribution in [0.15, 0.2) is 67.0 Å². The summed E-state index contributed by atoms with van der Waals surface area (Å²) in [6, 6.07) is 15.9. The molecule has 0 amide bonds. The summed E-state index contributed by atoms with van der Waals surface area (Å²) in [4.78, 5) is 12.0. The largest absolute Gasteiger partial charge is 0.487 e. The highest BCUT2D eigenvalue weighted by Gasteiger charge is 2.10. The van der Waals surface area contributed by atoms with Gasteiger partial charge in [0, 0.05) is 6.20 Å². The van der Waals surface area contributed by atoms with Crippen molar-refractivity contribution < 1.29 is 18.7 Å². The van der Waals surface area contributed by atoms with Gasteiger partial charge in [0.2, 0.25) is 0 Å². The van der Waals surface area contributed by atoms with E-state index in [1.807, 2.05) is 30.3 Å². The van der Waals surface area contributed by atoms with Crippen LogP contribution in [0.3, 0.4) is 0 Å². The van der Waals surface area contributed by atoms with E-state index < -0.39 is 11.8 Å². The number of benzene rings is 2.